The van der Waals surface area contributed by atoms with Crippen molar-refractivity contribution < 1.29 is 17.9 Å². The number of hydrogen-bond acceptors (Lipinski definition) is 5. The average molecular weight is 318 g/mol. The first-order valence-electron chi connectivity index (χ1n) is 7.68. The molecule has 21 heavy (non-hydrogen) atoms. The number of hydrogen-bond donors (Lipinski definition) is 0. The molecule has 0 N–H and O–H groups in total. The van der Waals surface area contributed by atoms with Gasteiger partial charge in [-0.2, -0.15) is 4.31 Å². The number of esters is 1. The van der Waals surface area contributed by atoms with Crippen LogP contribution in [-0.2, 0) is 19.6 Å². The van der Waals surface area contributed by atoms with Crippen LogP contribution in [0.4, 0.5) is 0 Å². The minimum absolute atomic E-state index is 0.387. The predicted octanol–water partition coefficient (Wildman–Crippen LogP) is 0.684. The van der Waals surface area contributed by atoms with Crippen molar-refractivity contribution in [3.8, 4) is 0 Å². The number of nitrogens with zero attached hydrogens (tertiary/aromatic N) is 2. The maximum absolute atomic E-state index is 12.8. The van der Waals surface area contributed by atoms with E-state index in [0.29, 0.717) is 32.0 Å². The molecular weight excluding hydrogens is 292 g/mol. The summed E-state index contributed by atoms with van der Waals surface area (Å²) in [6.07, 6.45) is 1.95. The molecule has 2 fully saturated rings. The van der Waals surface area contributed by atoms with Crippen LogP contribution in [0.1, 0.15) is 33.1 Å². The summed E-state index contributed by atoms with van der Waals surface area (Å²) in [5, 5.41) is -0.601. The Labute approximate surface area is 127 Å². The van der Waals surface area contributed by atoms with E-state index >= 15 is 0 Å². The lowest BCUT2D eigenvalue weighted by molar-refractivity contribution is -0.145. The highest BCUT2D eigenvalue weighted by Gasteiger charge is 2.45. The SMILES string of the molecule is COC(=O)C1CCCC1S(=O)(=O)N1CCN(C(C)C)CC1. The van der Waals surface area contributed by atoms with Gasteiger partial charge in [0.1, 0.15) is 0 Å². The molecule has 0 aromatic heterocycles. The Bertz CT molecular complexity index is 469. The average Bonchev–Trinajstić information content (AvgIpc) is 2.96. The van der Waals surface area contributed by atoms with Gasteiger partial charge in [0.15, 0.2) is 0 Å². The summed E-state index contributed by atoms with van der Waals surface area (Å²) in [6, 6.07) is 0.434. The van der Waals surface area contributed by atoms with Crippen LogP contribution in [-0.4, -0.2) is 68.2 Å². The van der Waals surface area contributed by atoms with Crippen molar-refractivity contribution in [3.63, 3.8) is 0 Å². The van der Waals surface area contributed by atoms with Gasteiger partial charge in [0.25, 0.3) is 0 Å². The molecule has 1 saturated carbocycles. The minimum atomic E-state index is -3.41. The fourth-order valence-corrected chi connectivity index (χ4v) is 5.55. The maximum atomic E-state index is 12.8. The van der Waals surface area contributed by atoms with E-state index < -0.39 is 21.2 Å². The Hall–Kier alpha value is -0.660. The van der Waals surface area contributed by atoms with Crippen LogP contribution in [0.2, 0.25) is 0 Å². The molecule has 122 valence electrons. The summed E-state index contributed by atoms with van der Waals surface area (Å²) < 4.78 is 31.9. The molecule has 1 saturated heterocycles. The molecule has 0 aromatic rings. The van der Waals surface area contributed by atoms with Crippen LogP contribution in [0.3, 0.4) is 0 Å². The second kappa shape index (κ2) is 6.62. The van der Waals surface area contributed by atoms with Gasteiger partial charge in [-0.3, -0.25) is 9.69 Å². The standard InChI is InChI=1S/C14H26N2O4S/c1-11(2)15-7-9-16(10-8-15)21(18,19)13-6-4-5-12(13)14(17)20-3/h11-13H,4-10H2,1-3H3. The molecule has 1 heterocycles. The number of ether oxygens (including phenoxy) is 1. The van der Waals surface area contributed by atoms with Crippen molar-refractivity contribution in [2.75, 3.05) is 33.3 Å². The smallest absolute Gasteiger partial charge is 0.310 e. The predicted molar refractivity (Wildman–Crippen MR) is 80.3 cm³/mol. The van der Waals surface area contributed by atoms with Crippen LogP contribution < -0.4 is 0 Å². The molecule has 2 unspecified atom stereocenters. The van der Waals surface area contributed by atoms with Crippen molar-refractivity contribution in [3.05, 3.63) is 0 Å². The van der Waals surface area contributed by atoms with Crippen LogP contribution in [0.15, 0.2) is 0 Å². The third-order valence-corrected chi connectivity index (χ3v) is 7.12. The van der Waals surface area contributed by atoms with Crippen LogP contribution in [0.5, 0.6) is 0 Å². The number of carbonyl (C=O) groups is 1. The van der Waals surface area contributed by atoms with Gasteiger partial charge in [0.05, 0.1) is 18.3 Å². The van der Waals surface area contributed by atoms with E-state index in [9.17, 15) is 13.2 Å². The molecule has 6 nitrogen and oxygen atoms in total. The minimum Gasteiger partial charge on any atom is -0.469 e. The number of piperazine rings is 1. The summed E-state index contributed by atoms with van der Waals surface area (Å²) >= 11 is 0. The second-order valence-electron chi connectivity index (χ2n) is 6.17. The van der Waals surface area contributed by atoms with Crippen LogP contribution >= 0.6 is 0 Å². The number of rotatable bonds is 4. The summed E-state index contributed by atoms with van der Waals surface area (Å²) in [7, 11) is -2.08. The monoisotopic (exact) mass is 318 g/mol. The van der Waals surface area contributed by atoms with E-state index in [-0.39, 0.29) is 5.97 Å². The molecule has 7 heteroatoms. The quantitative estimate of drug-likeness (QED) is 0.713. The van der Waals surface area contributed by atoms with Crippen molar-refractivity contribution in [1.82, 2.24) is 9.21 Å². The molecule has 2 aliphatic rings. The van der Waals surface area contributed by atoms with Crippen molar-refractivity contribution in [1.29, 1.82) is 0 Å². The third kappa shape index (κ3) is 3.40. The topological polar surface area (TPSA) is 66.9 Å². The van der Waals surface area contributed by atoms with Gasteiger partial charge >= 0.3 is 5.97 Å². The van der Waals surface area contributed by atoms with Crippen molar-refractivity contribution in [2.45, 2.75) is 44.4 Å². The van der Waals surface area contributed by atoms with E-state index in [1.165, 1.54) is 7.11 Å². The molecule has 2 rings (SSSR count). The van der Waals surface area contributed by atoms with E-state index in [2.05, 4.69) is 18.7 Å². The first-order chi connectivity index (χ1) is 9.87. The summed E-state index contributed by atoms with van der Waals surface area (Å²) in [4.78, 5) is 14.1. The second-order valence-corrected chi connectivity index (χ2v) is 8.32. The molecule has 0 bridgehead atoms. The largest absolute Gasteiger partial charge is 0.469 e. The van der Waals surface area contributed by atoms with Crippen LogP contribution in [0, 0.1) is 5.92 Å². The lowest BCUT2D eigenvalue weighted by atomic mass is 10.1. The molecular formula is C14H26N2O4S. The highest BCUT2D eigenvalue weighted by atomic mass is 32.2. The van der Waals surface area contributed by atoms with Gasteiger partial charge in [-0.05, 0) is 26.7 Å². The van der Waals surface area contributed by atoms with Gasteiger partial charge in [-0.15, -0.1) is 0 Å². The first-order valence-corrected chi connectivity index (χ1v) is 9.19. The number of carbonyl (C=O) groups excluding carboxylic acids is 1. The van der Waals surface area contributed by atoms with E-state index in [1.807, 2.05) is 0 Å². The number of sulfonamides is 1. The highest BCUT2D eigenvalue weighted by Crippen LogP contribution is 2.34. The Morgan fingerprint density at radius 1 is 1.14 bits per heavy atom. The first kappa shape index (κ1) is 16.7. The zero-order chi connectivity index (χ0) is 15.6. The molecule has 0 spiro atoms. The van der Waals surface area contributed by atoms with Crippen molar-refractivity contribution in [2.24, 2.45) is 5.92 Å². The normalized spacial score (nSPS) is 29.0. The Morgan fingerprint density at radius 2 is 1.76 bits per heavy atom. The zero-order valence-corrected chi connectivity index (χ0v) is 13.9. The molecule has 0 aromatic carbocycles. The van der Waals surface area contributed by atoms with Gasteiger partial charge in [-0.1, -0.05) is 6.42 Å². The van der Waals surface area contributed by atoms with Gasteiger partial charge < -0.3 is 4.74 Å². The number of methoxy groups -OCH3 is 1. The lowest BCUT2D eigenvalue weighted by Crippen LogP contribution is -2.53. The van der Waals surface area contributed by atoms with Crippen molar-refractivity contribution >= 4 is 16.0 Å². The van der Waals surface area contributed by atoms with E-state index in [0.717, 1.165) is 19.5 Å². The van der Waals surface area contributed by atoms with Crippen LogP contribution in [0.25, 0.3) is 0 Å². The fraction of sp³-hybridized carbons (Fsp3) is 0.929. The van der Waals surface area contributed by atoms with E-state index in [4.69, 9.17) is 4.74 Å². The van der Waals surface area contributed by atoms with E-state index in [1.54, 1.807) is 4.31 Å². The third-order valence-electron chi connectivity index (χ3n) is 4.70. The van der Waals surface area contributed by atoms with Gasteiger partial charge in [0.2, 0.25) is 10.0 Å². The Morgan fingerprint density at radius 3 is 2.29 bits per heavy atom. The summed E-state index contributed by atoms with van der Waals surface area (Å²) in [6.45, 7) is 6.79. The summed E-state index contributed by atoms with van der Waals surface area (Å²) in [5.74, 6) is -0.884. The fourth-order valence-electron chi connectivity index (χ4n) is 3.37. The molecule has 0 amide bonds. The zero-order valence-electron chi connectivity index (χ0n) is 13.1. The van der Waals surface area contributed by atoms with Gasteiger partial charge in [0, 0.05) is 32.2 Å². The molecule has 1 aliphatic heterocycles. The summed E-state index contributed by atoms with van der Waals surface area (Å²) in [5.41, 5.74) is 0. The lowest BCUT2D eigenvalue weighted by Gasteiger charge is -2.37. The highest BCUT2D eigenvalue weighted by molar-refractivity contribution is 7.89. The molecule has 1 aliphatic carbocycles. The molecule has 0 radical (unpaired) electrons. The van der Waals surface area contributed by atoms with Gasteiger partial charge in [-0.25, -0.2) is 8.42 Å². The Kier molecular flexibility index (Phi) is 5.27. The Balaban J connectivity index is 2.06. The maximum Gasteiger partial charge on any atom is 0.310 e. The molecule has 2 atom stereocenters.